The lowest BCUT2D eigenvalue weighted by atomic mass is 9.95. The smallest absolute Gasteiger partial charge is 0.0521 e. The van der Waals surface area contributed by atoms with E-state index in [-0.39, 0.29) is 0 Å². The number of aryl methyl sites for hydroxylation is 2. The van der Waals surface area contributed by atoms with Gasteiger partial charge in [-0.15, -0.1) is 0 Å². The van der Waals surface area contributed by atoms with Crippen molar-refractivity contribution in [3.05, 3.63) is 52.3 Å². The lowest BCUT2D eigenvalue weighted by Gasteiger charge is -2.14. The summed E-state index contributed by atoms with van der Waals surface area (Å²) in [6, 6.07) is 8.60. The van der Waals surface area contributed by atoms with Crippen molar-refractivity contribution in [1.29, 1.82) is 0 Å². The summed E-state index contributed by atoms with van der Waals surface area (Å²) >= 11 is 7.09. The Morgan fingerprint density at radius 1 is 1.28 bits per heavy atom. The third kappa shape index (κ3) is 3.69. The normalized spacial score (nSPS) is 12.6. The molecule has 2 aromatic rings. The Balaban J connectivity index is 1.99. The van der Waals surface area contributed by atoms with Crippen molar-refractivity contribution < 1.29 is 0 Å². The number of aromatic nitrogens is 2. The van der Waals surface area contributed by atoms with Crippen molar-refractivity contribution in [3.8, 4) is 0 Å². The van der Waals surface area contributed by atoms with Gasteiger partial charge >= 0.3 is 0 Å². The molecule has 0 saturated carbocycles. The molecule has 2 rings (SSSR count). The number of hydrogen-bond donors (Lipinski definition) is 0. The first-order valence-corrected chi connectivity index (χ1v) is 7.89. The Bertz CT molecular complexity index is 491. The molecule has 0 N–H and O–H groups in total. The fourth-order valence-electron chi connectivity index (χ4n) is 2.01. The van der Waals surface area contributed by atoms with Gasteiger partial charge in [0.25, 0.3) is 0 Å². The van der Waals surface area contributed by atoms with Crippen LogP contribution in [0.5, 0.6) is 0 Å². The average Bonchev–Trinajstić information content (AvgIpc) is 2.78. The lowest BCUT2D eigenvalue weighted by Crippen LogP contribution is -2.02. The molecule has 0 spiro atoms. The number of nitrogens with zero attached hydrogens (tertiary/aromatic N) is 2. The second-order valence-corrected chi connectivity index (χ2v) is 6.03. The van der Waals surface area contributed by atoms with E-state index in [1.54, 1.807) is 0 Å². The van der Waals surface area contributed by atoms with Gasteiger partial charge in [0.1, 0.15) is 0 Å². The highest BCUT2D eigenvalue weighted by Crippen LogP contribution is 2.25. The zero-order valence-electron chi connectivity index (χ0n) is 10.3. The maximum atomic E-state index is 4.20. The molecule has 0 saturated heterocycles. The van der Waals surface area contributed by atoms with Crippen LogP contribution < -0.4 is 0 Å². The topological polar surface area (TPSA) is 17.8 Å². The van der Waals surface area contributed by atoms with Crippen LogP contribution in [0, 0.1) is 0 Å². The Morgan fingerprint density at radius 3 is 2.56 bits per heavy atom. The molecule has 1 aromatic heterocycles. The quantitative estimate of drug-likeness (QED) is 0.716. The van der Waals surface area contributed by atoms with Crippen molar-refractivity contribution in [2.24, 2.45) is 7.05 Å². The van der Waals surface area contributed by atoms with E-state index in [0.717, 1.165) is 22.6 Å². The fraction of sp³-hybridized carbons (Fsp3) is 0.357. The summed E-state index contributed by atoms with van der Waals surface area (Å²) in [5.74, 6) is 0.554. The van der Waals surface area contributed by atoms with Gasteiger partial charge in [-0.25, -0.2) is 0 Å². The molecule has 0 aliphatic carbocycles. The lowest BCUT2D eigenvalue weighted by molar-refractivity contribution is 0.690. The molecular formula is C14H16Br2N2. The largest absolute Gasteiger partial charge is 0.276 e. The second-order valence-electron chi connectivity index (χ2n) is 4.46. The molecule has 4 heteroatoms. The van der Waals surface area contributed by atoms with E-state index < -0.39 is 0 Å². The van der Waals surface area contributed by atoms with E-state index in [4.69, 9.17) is 0 Å². The maximum Gasteiger partial charge on any atom is 0.0521 e. The Labute approximate surface area is 125 Å². The molecule has 0 radical (unpaired) electrons. The summed E-state index contributed by atoms with van der Waals surface area (Å²) < 4.78 is 2.99. The first-order chi connectivity index (χ1) is 8.69. The minimum absolute atomic E-state index is 0.554. The second kappa shape index (κ2) is 6.53. The van der Waals surface area contributed by atoms with Crippen LogP contribution in [0.15, 0.2) is 41.1 Å². The fourth-order valence-corrected chi connectivity index (χ4v) is 2.97. The molecule has 2 nitrogen and oxygen atoms in total. The van der Waals surface area contributed by atoms with E-state index in [2.05, 4.69) is 67.4 Å². The van der Waals surface area contributed by atoms with Crippen LogP contribution >= 0.6 is 31.9 Å². The predicted molar refractivity (Wildman–Crippen MR) is 82.2 cm³/mol. The number of alkyl halides is 1. The Morgan fingerprint density at radius 2 is 2.00 bits per heavy atom. The molecule has 18 heavy (non-hydrogen) atoms. The van der Waals surface area contributed by atoms with E-state index in [9.17, 15) is 0 Å². The highest BCUT2D eigenvalue weighted by atomic mass is 79.9. The number of hydrogen-bond acceptors (Lipinski definition) is 1. The summed E-state index contributed by atoms with van der Waals surface area (Å²) in [6.45, 7) is 0. The van der Waals surface area contributed by atoms with Crippen LogP contribution in [0.25, 0.3) is 0 Å². The van der Waals surface area contributed by atoms with E-state index in [0.29, 0.717) is 5.92 Å². The van der Waals surface area contributed by atoms with Gasteiger partial charge in [-0.3, -0.25) is 4.68 Å². The highest BCUT2D eigenvalue weighted by molar-refractivity contribution is 9.10. The van der Waals surface area contributed by atoms with Gasteiger partial charge in [0, 0.05) is 23.0 Å². The van der Waals surface area contributed by atoms with Gasteiger partial charge in [0.05, 0.1) is 6.20 Å². The van der Waals surface area contributed by atoms with Gasteiger partial charge in [-0.05, 0) is 42.0 Å². The molecule has 0 fully saturated rings. The Hall–Kier alpha value is -0.610. The maximum absolute atomic E-state index is 4.20. The molecular weight excluding hydrogens is 356 g/mol. The van der Waals surface area contributed by atoms with Gasteiger partial charge in [0.2, 0.25) is 0 Å². The highest BCUT2D eigenvalue weighted by Gasteiger charge is 2.10. The van der Waals surface area contributed by atoms with Gasteiger partial charge in [-0.2, -0.15) is 5.10 Å². The van der Waals surface area contributed by atoms with Crippen LogP contribution in [0.4, 0.5) is 0 Å². The summed E-state index contributed by atoms with van der Waals surface area (Å²) in [4.78, 5) is 0. The Kier molecular flexibility index (Phi) is 5.01. The van der Waals surface area contributed by atoms with Crippen molar-refractivity contribution in [3.63, 3.8) is 0 Å². The third-order valence-electron chi connectivity index (χ3n) is 3.07. The third-order valence-corrected chi connectivity index (χ3v) is 4.38. The summed E-state index contributed by atoms with van der Waals surface area (Å²) in [5, 5.41) is 5.20. The van der Waals surface area contributed by atoms with Crippen molar-refractivity contribution in [2.75, 3.05) is 5.33 Å². The molecule has 1 aromatic carbocycles. The predicted octanol–water partition coefficient (Wildman–Crippen LogP) is 4.29. The molecule has 1 heterocycles. The average molecular weight is 372 g/mol. The van der Waals surface area contributed by atoms with Gasteiger partial charge < -0.3 is 0 Å². The van der Waals surface area contributed by atoms with Crippen LogP contribution in [-0.4, -0.2) is 15.1 Å². The molecule has 0 bridgehead atoms. The molecule has 0 aliphatic heterocycles. The first-order valence-electron chi connectivity index (χ1n) is 5.98. The van der Waals surface area contributed by atoms with Crippen LogP contribution in [0.2, 0.25) is 0 Å². The van der Waals surface area contributed by atoms with Crippen molar-refractivity contribution in [2.45, 2.75) is 18.8 Å². The zero-order chi connectivity index (χ0) is 13.0. The minimum atomic E-state index is 0.554. The number of halogens is 2. The molecule has 0 amide bonds. The number of rotatable bonds is 5. The monoisotopic (exact) mass is 370 g/mol. The van der Waals surface area contributed by atoms with Crippen molar-refractivity contribution >= 4 is 31.9 Å². The summed E-state index contributed by atoms with van der Waals surface area (Å²) in [5.41, 5.74) is 2.69. The van der Waals surface area contributed by atoms with E-state index >= 15 is 0 Å². The molecule has 1 atom stereocenters. The van der Waals surface area contributed by atoms with Crippen LogP contribution in [-0.2, 0) is 13.5 Å². The van der Waals surface area contributed by atoms with E-state index in [1.807, 2.05) is 17.9 Å². The SMILES string of the molecule is Cn1cc(CCC(CBr)c2ccc(Br)cc2)cn1. The number of benzene rings is 1. The zero-order valence-corrected chi connectivity index (χ0v) is 13.5. The molecule has 0 aliphatic rings. The summed E-state index contributed by atoms with van der Waals surface area (Å²) in [6.07, 6.45) is 6.25. The van der Waals surface area contributed by atoms with Gasteiger partial charge in [-0.1, -0.05) is 44.0 Å². The molecule has 1 unspecified atom stereocenters. The summed E-state index contributed by atoms with van der Waals surface area (Å²) in [7, 11) is 1.96. The van der Waals surface area contributed by atoms with Crippen molar-refractivity contribution in [1.82, 2.24) is 9.78 Å². The first kappa shape index (κ1) is 13.8. The van der Waals surface area contributed by atoms with Crippen LogP contribution in [0.1, 0.15) is 23.5 Å². The van der Waals surface area contributed by atoms with E-state index in [1.165, 1.54) is 11.1 Å². The standard InChI is InChI=1S/C14H16Br2N2/c1-18-10-11(9-17-18)2-3-13(8-15)12-4-6-14(16)7-5-12/h4-7,9-10,13H,2-3,8H2,1H3. The minimum Gasteiger partial charge on any atom is -0.276 e. The molecule has 96 valence electrons. The van der Waals surface area contributed by atoms with Crippen LogP contribution in [0.3, 0.4) is 0 Å². The van der Waals surface area contributed by atoms with Gasteiger partial charge in [0.15, 0.2) is 0 Å².